The quantitative estimate of drug-likeness (QED) is 0.881. The molecular formula is C14H17N5. The zero-order chi connectivity index (χ0) is 13.7. The lowest BCUT2D eigenvalue weighted by Crippen LogP contribution is -2.22. The van der Waals surface area contributed by atoms with Gasteiger partial charge in [0.1, 0.15) is 12.2 Å². The predicted octanol–water partition coefficient (Wildman–Crippen LogP) is 1.58. The summed E-state index contributed by atoms with van der Waals surface area (Å²) in [4.78, 5) is 0. The number of aromatic nitrogens is 3. The molecule has 0 spiro atoms. The highest BCUT2D eigenvalue weighted by Crippen LogP contribution is 2.12. The number of hydrogen-bond donors (Lipinski definition) is 1. The first kappa shape index (κ1) is 13.2. The number of rotatable bonds is 5. The van der Waals surface area contributed by atoms with Crippen LogP contribution in [-0.4, -0.2) is 21.3 Å². The largest absolute Gasteiger partial charge is 0.321 e. The molecule has 0 amide bonds. The summed E-state index contributed by atoms with van der Waals surface area (Å²) >= 11 is 0. The van der Waals surface area contributed by atoms with Crippen molar-refractivity contribution in [3.8, 4) is 6.07 Å². The molecular weight excluding hydrogens is 238 g/mol. The lowest BCUT2D eigenvalue weighted by Gasteiger charge is -2.14. The Hall–Kier alpha value is -2.19. The van der Waals surface area contributed by atoms with Crippen molar-refractivity contribution in [2.75, 3.05) is 6.54 Å². The molecule has 0 aliphatic carbocycles. The average Bonchev–Trinajstić information content (AvgIpc) is 2.84. The third-order valence-corrected chi connectivity index (χ3v) is 3.14. The van der Waals surface area contributed by atoms with Gasteiger partial charge in [0.25, 0.3) is 0 Å². The number of benzene rings is 1. The molecule has 1 aromatic carbocycles. The molecule has 1 N–H and O–H groups in total. The molecule has 0 bridgehead atoms. The van der Waals surface area contributed by atoms with Crippen LogP contribution in [0.25, 0.3) is 0 Å². The lowest BCUT2D eigenvalue weighted by molar-refractivity contribution is 0.564. The number of nitrogens with one attached hydrogen (secondary N) is 1. The van der Waals surface area contributed by atoms with Crippen LogP contribution in [0.4, 0.5) is 0 Å². The van der Waals surface area contributed by atoms with Crippen LogP contribution in [0.15, 0.2) is 30.6 Å². The minimum atomic E-state index is 0.251. The van der Waals surface area contributed by atoms with E-state index in [1.54, 1.807) is 6.33 Å². The van der Waals surface area contributed by atoms with Crippen LogP contribution in [0.2, 0.25) is 0 Å². The van der Waals surface area contributed by atoms with Gasteiger partial charge in [-0.05, 0) is 24.6 Å². The Morgan fingerprint density at radius 2 is 2.11 bits per heavy atom. The summed E-state index contributed by atoms with van der Waals surface area (Å²) in [6.07, 6.45) is 2.55. The van der Waals surface area contributed by atoms with E-state index in [1.807, 2.05) is 35.9 Å². The number of hydrogen-bond acceptors (Lipinski definition) is 4. The first-order valence-corrected chi connectivity index (χ1v) is 6.27. The van der Waals surface area contributed by atoms with Crippen LogP contribution in [0.1, 0.15) is 29.9 Å². The summed E-state index contributed by atoms with van der Waals surface area (Å²) in [6.45, 7) is 2.95. The van der Waals surface area contributed by atoms with Gasteiger partial charge in [0.15, 0.2) is 0 Å². The van der Waals surface area contributed by atoms with Gasteiger partial charge in [-0.2, -0.15) is 5.26 Å². The van der Waals surface area contributed by atoms with Crippen molar-refractivity contribution >= 4 is 0 Å². The summed E-state index contributed by atoms with van der Waals surface area (Å²) in [5.74, 6) is 0.972. The molecule has 19 heavy (non-hydrogen) atoms. The molecule has 0 radical (unpaired) electrons. The molecule has 0 saturated carbocycles. The molecule has 0 aliphatic heterocycles. The van der Waals surface area contributed by atoms with E-state index < -0.39 is 0 Å². The van der Waals surface area contributed by atoms with Gasteiger partial charge in [0.2, 0.25) is 0 Å². The molecule has 2 rings (SSSR count). The highest BCUT2D eigenvalue weighted by Gasteiger charge is 2.06. The minimum Gasteiger partial charge on any atom is -0.321 e. The van der Waals surface area contributed by atoms with E-state index in [0.717, 1.165) is 18.8 Å². The molecule has 1 unspecified atom stereocenters. The van der Waals surface area contributed by atoms with E-state index >= 15 is 0 Å². The van der Waals surface area contributed by atoms with Crippen molar-refractivity contribution in [2.24, 2.45) is 7.05 Å². The summed E-state index contributed by atoms with van der Waals surface area (Å²) in [7, 11) is 1.94. The third kappa shape index (κ3) is 3.39. The van der Waals surface area contributed by atoms with Crippen LogP contribution >= 0.6 is 0 Å². The van der Waals surface area contributed by atoms with Gasteiger partial charge in [-0.25, -0.2) is 0 Å². The smallest absolute Gasteiger partial charge is 0.133 e. The van der Waals surface area contributed by atoms with Crippen LogP contribution in [0.3, 0.4) is 0 Å². The number of nitriles is 1. The molecule has 1 aromatic heterocycles. The van der Waals surface area contributed by atoms with Gasteiger partial charge >= 0.3 is 0 Å². The fourth-order valence-corrected chi connectivity index (χ4v) is 1.90. The Kier molecular flexibility index (Phi) is 4.26. The first-order valence-electron chi connectivity index (χ1n) is 6.27. The highest BCUT2D eigenvalue weighted by atomic mass is 15.2. The van der Waals surface area contributed by atoms with Crippen LogP contribution in [0.5, 0.6) is 0 Å². The highest BCUT2D eigenvalue weighted by molar-refractivity contribution is 5.32. The number of nitrogens with zero attached hydrogens (tertiary/aromatic N) is 4. The van der Waals surface area contributed by atoms with E-state index in [9.17, 15) is 0 Å². The van der Waals surface area contributed by atoms with Crippen molar-refractivity contribution in [1.82, 2.24) is 20.1 Å². The van der Waals surface area contributed by atoms with E-state index in [2.05, 4.69) is 28.5 Å². The first-order chi connectivity index (χ1) is 9.20. The minimum absolute atomic E-state index is 0.251. The maximum atomic E-state index is 8.76. The van der Waals surface area contributed by atoms with Crippen molar-refractivity contribution in [2.45, 2.75) is 19.4 Å². The van der Waals surface area contributed by atoms with Gasteiger partial charge in [-0.3, -0.25) is 0 Å². The van der Waals surface area contributed by atoms with Gasteiger partial charge in [-0.15, -0.1) is 10.2 Å². The molecule has 5 heteroatoms. The summed E-state index contributed by atoms with van der Waals surface area (Å²) in [5.41, 5.74) is 1.87. The van der Waals surface area contributed by atoms with E-state index in [0.29, 0.717) is 5.56 Å². The van der Waals surface area contributed by atoms with E-state index in [4.69, 9.17) is 5.26 Å². The molecule has 2 aromatic rings. The molecule has 1 atom stereocenters. The zero-order valence-electron chi connectivity index (χ0n) is 11.2. The summed E-state index contributed by atoms with van der Waals surface area (Å²) in [5, 5.41) is 20.1. The summed E-state index contributed by atoms with van der Waals surface area (Å²) < 4.78 is 1.92. The number of aryl methyl sites for hydroxylation is 1. The summed E-state index contributed by atoms with van der Waals surface area (Å²) in [6, 6.07) is 10.0. The molecule has 98 valence electrons. The van der Waals surface area contributed by atoms with Crippen LogP contribution in [0, 0.1) is 11.3 Å². The Labute approximate surface area is 112 Å². The van der Waals surface area contributed by atoms with Gasteiger partial charge in [0.05, 0.1) is 11.6 Å². The monoisotopic (exact) mass is 255 g/mol. The van der Waals surface area contributed by atoms with Crippen LogP contribution in [-0.2, 0) is 13.5 Å². The zero-order valence-corrected chi connectivity index (χ0v) is 11.2. The van der Waals surface area contributed by atoms with E-state index in [-0.39, 0.29) is 6.04 Å². The second-order valence-corrected chi connectivity index (χ2v) is 4.52. The maximum absolute atomic E-state index is 8.76. The molecule has 5 nitrogen and oxygen atoms in total. The molecule has 0 fully saturated rings. The topological polar surface area (TPSA) is 66.5 Å². The standard InChI is InChI=1S/C14H17N5/c1-11(13-5-3-12(9-15)4-6-13)16-8-7-14-18-17-10-19(14)2/h3-6,10-11,16H,7-8H2,1-2H3. The molecule has 1 heterocycles. The normalized spacial score (nSPS) is 12.1. The average molecular weight is 255 g/mol. The fourth-order valence-electron chi connectivity index (χ4n) is 1.90. The Morgan fingerprint density at radius 1 is 1.37 bits per heavy atom. The van der Waals surface area contributed by atoms with Crippen molar-refractivity contribution < 1.29 is 0 Å². The molecule has 0 aliphatic rings. The second kappa shape index (κ2) is 6.12. The van der Waals surface area contributed by atoms with Gasteiger partial charge in [-0.1, -0.05) is 12.1 Å². The lowest BCUT2D eigenvalue weighted by atomic mass is 10.1. The Balaban J connectivity index is 1.85. The van der Waals surface area contributed by atoms with Crippen molar-refractivity contribution in [3.63, 3.8) is 0 Å². The van der Waals surface area contributed by atoms with Gasteiger partial charge in [0, 0.05) is 26.1 Å². The third-order valence-electron chi connectivity index (χ3n) is 3.14. The maximum Gasteiger partial charge on any atom is 0.133 e. The Morgan fingerprint density at radius 3 is 2.68 bits per heavy atom. The second-order valence-electron chi connectivity index (χ2n) is 4.52. The fraction of sp³-hybridized carbons (Fsp3) is 0.357. The van der Waals surface area contributed by atoms with E-state index in [1.165, 1.54) is 5.56 Å². The molecule has 0 saturated heterocycles. The van der Waals surface area contributed by atoms with Crippen LogP contribution < -0.4 is 5.32 Å². The Bertz CT molecular complexity index is 564. The van der Waals surface area contributed by atoms with Gasteiger partial charge < -0.3 is 9.88 Å². The SMILES string of the molecule is CC(NCCc1nncn1C)c1ccc(C#N)cc1. The van der Waals surface area contributed by atoms with Crippen molar-refractivity contribution in [1.29, 1.82) is 5.26 Å². The van der Waals surface area contributed by atoms with Crippen molar-refractivity contribution in [3.05, 3.63) is 47.5 Å². The predicted molar refractivity (Wildman–Crippen MR) is 72.3 cm³/mol.